The Morgan fingerprint density at radius 3 is 2.00 bits per heavy atom. The van der Waals surface area contributed by atoms with Gasteiger partial charge in [-0.05, 0) is 19.5 Å². The first-order valence-corrected chi connectivity index (χ1v) is 4.51. The van der Waals surface area contributed by atoms with Crippen molar-refractivity contribution >= 4 is 19.2 Å². The van der Waals surface area contributed by atoms with Gasteiger partial charge in [-0.3, -0.25) is 0 Å². The maximum atomic E-state index is 5.62. The topological polar surface area (TPSA) is 0 Å². The summed E-state index contributed by atoms with van der Waals surface area (Å²) in [6.07, 6.45) is 1.18. The Morgan fingerprint density at radius 2 is 2.00 bits per heavy atom. The molecule has 0 aliphatic rings. The summed E-state index contributed by atoms with van der Waals surface area (Å²) in [5.41, 5.74) is 0. The van der Waals surface area contributed by atoms with E-state index in [9.17, 15) is 0 Å². The summed E-state index contributed by atoms with van der Waals surface area (Å²) >= 11 is 5.62. The molecule has 7 heavy (non-hydrogen) atoms. The predicted octanol–water partition coefficient (Wildman–Crippen LogP) is 3.01. The third-order valence-corrected chi connectivity index (χ3v) is 3.54. The lowest BCUT2D eigenvalue weighted by Gasteiger charge is -2.16. The van der Waals surface area contributed by atoms with Crippen LogP contribution < -0.4 is 0 Å². The van der Waals surface area contributed by atoms with Crippen LogP contribution in [0.15, 0.2) is 0 Å². The summed E-state index contributed by atoms with van der Waals surface area (Å²) < 4.78 is 0. The highest BCUT2D eigenvalue weighted by Gasteiger charge is 2.11. The molecular weight excluding hydrogens is 126 g/mol. The van der Waals surface area contributed by atoms with E-state index in [4.69, 9.17) is 11.2 Å². The smallest absolute Gasteiger partial charge is 0.00427 e. The van der Waals surface area contributed by atoms with Gasteiger partial charge in [0, 0.05) is 0 Å². The zero-order chi connectivity index (χ0) is 5.91. The van der Waals surface area contributed by atoms with Crippen molar-refractivity contribution in [3.05, 3.63) is 0 Å². The lowest BCUT2D eigenvalue weighted by molar-refractivity contribution is 0.683. The molecule has 0 saturated heterocycles. The maximum Gasteiger partial charge on any atom is -0.00427 e. The third kappa shape index (κ3) is 3.32. The first-order chi connectivity index (χ1) is 3.12. The molecule has 2 heteroatoms. The average molecular weight is 139 g/mol. The molecule has 1 atom stereocenters. The van der Waals surface area contributed by atoms with Crippen LogP contribution in [-0.4, -0.2) is 5.16 Å². The van der Waals surface area contributed by atoms with Crippen LogP contribution in [0.2, 0.25) is 0 Å². The Bertz CT molecular complexity index is 46.0. The molecule has 0 nitrogen and oxygen atoms in total. The van der Waals surface area contributed by atoms with Gasteiger partial charge in [0.2, 0.25) is 0 Å². The molecule has 0 radical (unpaired) electrons. The molecule has 0 amide bonds. The van der Waals surface area contributed by atoms with E-state index >= 15 is 0 Å². The van der Waals surface area contributed by atoms with Gasteiger partial charge in [0.25, 0.3) is 0 Å². The fourth-order valence-electron chi connectivity index (χ4n) is 0.0668. The van der Waals surface area contributed by atoms with E-state index < -0.39 is 0 Å². The number of halogens is 1. The van der Waals surface area contributed by atoms with Crippen molar-refractivity contribution in [1.29, 1.82) is 0 Å². The monoisotopic (exact) mass is 138 g/mol. The fraction of sp³-hybridized carbons (Fsp3) is 1.00. The molecule has 1 unspecified atom stereocenters. The lowest BCUT2D eigenvalue weighted by Crippen LogP contribution is -2.07. The van der Waals surface area contributed by atoms with Crippen LogP contribution in [0, 0.1) is 0 Å². The zero-order valence-corrected chi connectivity index (χ0v) is 6.84. The molecule has 0 rings (SSSR count). The second-order valence-electron chi connectivity index (χ2n) is 2.33. The van der Waals surface area contributed by atoms with E-state index in [-0.39, 0.29) is 0 Å². The summed E-state index contributed by atoms with van der Waals surface area (Å²) in [7, 11) is 0.557. The van der Waals surface area contributed by atoms with E-state index in [1.165, 1.54) is 6.42 Å². The van der Waals surface area contributed by atoms with Gasteiger partial charge in [0.05, 0.1) is 0 Å². The van der Waals surface area contributed by atoms with Crippen molar-refractivity contribution in [1.82, 2.24) is 0 Å². The van der Waals surface area contributed by atoms with E-state index in [1.54, 1.807) is 0 Å². The van der Waals surface area contributed by atoms with Gasteiger partial charge in [0.1, 0.15) is 0 Å². The summed E-state index contributed by atoms with van der Waals surface area (Å²) in [5, 5.41) is 0.377. The minimum absolute atomic E-state index is 0.377. The summed E-state index contributed by atoms with van der Waals surface area (Å²) in [5.74, 6) is 0. The normalized spacial score (nSPS) is 13.7. The molecule has 0 heterocycles. The van der Waals surface area contributed by atoms with Crippen LogP contribution in [-0.2, 0) is 0 Å². The molecule has 0 saturated carbocycles. The molecular formula is C5H12ClP. The summed E-state index contributed by atoms with van der Waals surface area (Å²) in [6, 6.07) is 0. The van der Waals surface area contributed by atoms with Gasteiger partial charge in [0.15, 0.2) is 0 Å². The van der Waals surface area contributed by atoms with E-state index in [1.807, 2.05) is 0 Å². The quantitative estimate of drug-likeness (QED) is 0.515. The van der Waals surface area contributed by atoms with Crippen LogP contribution in [0.25, 0.3) is 0 Å². The van der Waals surface area contributed by atoms with Crippen LogP contribution in [0.4, 0.5) is 0 Å². The first kappa shape index (κ1) is 7.72. The lowest BCUT2D eigenvalue weighted by atomic mass is 10.1. The van der Waals surface area contributed by atoms with Gasteiger partial charge >= 0.3 is 0 Å². The van der Waals surface area contributed by atoms with Crippen LogP contribution >= 0.6 is 19.2 Å². The highest BCUT2D eigenvalue weighted by molar-refractivity contribution is 7.69. The number of hydrogen-bond acceptors (Lipinski definition) is 0. The minimum Gasteiger partial charge on any atom is -0.0995 e. The van der Waals surface area contributed by atoms with Gasteiger partial charge in [-0.1, -0.05) is 32.0 Å². The zero-order valence-electron chi connectivity index (χ0n) is 5.09. The Kier molecular flexibility index (Phi) is 3.19. The Morgan fingerprint density at radius 1 is 1.57 bits per heavy atom. The average Bonchev–Trinajstić information content (AvgIpc) is 1.68. The fourth-order valence-corrected chi connectivity index (χ4v) is 0.601. The third-order valence-electron chi connectivity index (χ3n) is 1.14. The largest absolute Gasteiger partial charge is 0.0995 e. The molecule has 0 aliphatic carbocycles. The molecule has 44 valence electrons. The van der Waals surface area contributed by atoms with Crippen LogP contribution in [0.5, 0.6) is 0 Å². The Hall–Kier alpha value is 0.720. The number of rotatable bonds is 2. The van der Waals surface area contributed by atoms with Crippen molar-refractivity contribution in [3.63, 3.8) is 0 Å². The standard InChI is InChI=1S/C5H12ClP/c1-4-5(2,3)7-6/h7H,4H2,1-3H3. The van der Waals surface area contributed by atoms with Gasteiger partial charge < -0.3 is 0 Å². The second kappa shape index (κ2) is 2.89. The van der Waals surface area contributed by atoms with Crippen LogP contribution in [0.1, 0.15) is 27.2 Å². The van der Waals surface area contributed by atoms with E-state index in [0.717, 1.165) is 0 Å². The summed E-state index contributed by atoms with van der Waals surface area (Å²) in [6.45, 7) is 6.52. The van der Waals surface area contributed by atoms with Crippen molar-refractivity contribution in [2.75, 3.05) is 0 Å². The summed E-state index contributed by atoms with van der Waals surface area (Å²) in [4.78, 5) is 0. The predicted molar refractivity (Wildman–Crippen MR) is 38.5 cm³/mol. The Balaban J connectivity index is 3.36. The molecule has 0 aromatic heterocycles. The highest BCUT2D eigenvalue weighted by atomic mass is 35.7. The van der Waals surface area contributed by atoms with Crippen molar-refractivity contribution in [2.45, 2.75) is 32.3 Å². The SMILES string of the molecule is CCC(C)(C)PCl. The highest BCUT2D eigenvalue weighted by Crippen LogP contribution is 2.37. The van der Waals surface area contributed by atoms with Crippen LogP contribution in [0.3, 0.4) is 0 Å². The van der Waals surface area contributed by atoms with E-state index in [2.05, 4.69) is 20.8 Å². The molecule has 0 aromatic rings. The Labute approximate surface area is 52.2 Å². The maximum absolute atomic E-state index is 5.62. The van der Waals surface area contributed by atoms with Crippen molar-refractivity contribution in [3.8, 4) is 0 Å². The van der Waals surface area contributed by atoms with Gasteiger partial charge in [-0.15, -0.1) is 0 Å². The van der Waals surface area contributed by atoms with Gasteiger partial charge in [-0.2, -0.15) is 0 Å². The molecule has 0 fully saturated rings. The molecule has 0 spiro atoms. The van der Waals surface area contributed by atoms with Gasteiger partial charge in [-0.25, -0.2) is 0 Å². The molecule has 0 aromatic carbocycles. The van der Waals surface area contributed by atoms with E-state index in [0.29, 0.717) is 13.1 Å². The van der Waals surface area contributed by atoms with Crippen molar-refractivity contribution in [2.24, 2.45) is 0 Å². The number of hydrogen-bond donors (Lipinski definition) is 0. The molecule has 0 aliphatic heterocycles. The first-order valence-electron chi connectivity index (χ1n) is 2.50. The molecule has 0 N–H and O–H groups in total. The second-order valence-corrected chi connectivity index (χ2v) is 4.44. The van der Waals surface area contributed by atoms with Crippen molar-refractivity contribution < 1.29 is 0 Å². The molecule has 0 bridgehead atoms. The minimum atomic E-state index is 0.377.